The number of aromatic nitrogens is 3. The molecule has 0 N–H and O–H groups in total. The summed E-state index contributed by atoms with van der Waals surface area (Å²) in [5.41, 5.74) is 1.24. The lowest BCUT2D eigenvalue weighted by atomic mass is 10.1. The minimum Gasteiger partial charge on any atom is -0.217 e. The van der Waals surface area contributed by atoms with Gasteiger partial charge in [-0.25, -0.2) is 19.3 Å². The lowest BCUT2D eigenvalue weighted by molar-refractivity contribution is -0.137. The van der Waals surface area contributed by atoms with E-state index in [2.05, 4.69) is 15.0 Å². The van der Waals surface area contributed by atoms with Crippen molar-refractivity contribution in [1.82, 2.24) is 15.0 Å². The fraction of sp³-hybridized carbons (Fsp3) is 0.125. The van der Waals surface area contributed by atoms with Crippen LogP contribution in [0.5, 0.6) is 0 Å². The Kier molecular flexibility index (Phi) is 5.75. The summed E-state index contributed by atoms with van der Waals surface area (Å²) >= 11 is 0. The molecule has 0 spiro atoms. The van der Waals surface area contributed by atoms with Crippen molar-refractivity contribution in [3.8, 4) is 11.4 Å². The Bertz CT molecular complexity index is 1170. The van der Waals surface area contributed by atoms with Crippen molar-refractivity contribution in [2.45, 2.75) is 19.0 Å². The molecular formula is C24H17F4N3. The first kappa shape index (κ1) is 20.7. The summed E-state index contributed by atoms with van der Waals surface area (Å²) in [4.78, 5) is 13.3. The molecule has 3 aromatic carbocycles. The molecule has 31 heavy (non-hydrogen) atoms. The van der Waals surface area contributed by atoms with Crippen molar-refractivity contribution < 1.29 is 17.6 Å². The van der Waals surface area contributed by atoms with E-state index in [9.17, 15) is 17.6 Å². The van der Waals surface area contributed by atoms with E-state index in [-0.39, 0.29) is 17.2 Å². The van der Waals surface area contributed by atoms with Crippen LogP contribution in [0.4, 0.5) is 17.6 Å². The van der Waals surface area contributed by atoms with E-state index in [1.807, 2.05) is 30.3 Å². The third-order valence-electron chi connectivity index (χ3n) is 4.66. The Morgan fingerprint density at radius 2 is 1.26 bits per heavy atom. The van der Waals surface area contributed by atoms with E-state index < -0.39 is 11.7 Å². The number of alkyl halides is 3. The van der Waals surface area contributed by atoms with E-state index >= 15 is 0 Å². The van der Waals surface area contributed by atoms with Gasteiger partial charge in [0.1, 0.15) is 17.5 Å². The van der Waals surface area contributed by atoms with Gasteiger partial charge in [-0.2, -0.15) is 13.2 Å². The maximum Gasteiger partial charge on any atom is 0.416 e. The molecule has 0 unspecified atom stereocenters. The molecule has 4 rings (SSSR count). The first-order valence-corrected chi connectivity index (χ1v) is 9.57. The van der Waals surface area contributed by atoms with Gasteiger partial charge in [-0.05, 0) is 35.4 Å². The first-order valence-electron chi connectivity index (χ1n) is 9.57. The summed E-state index contributed by atoms with van der Waals surface area (Å²) in [7, 11) is 0. The Balaban J connectivity index is 1.74. The topological polar surface area (TPSA) is 38.7 Å². The van der Waals surface area contributed by atoms with E-state index in [1.165, 1.54) is 18.2 Å². The summed E-state index contributed by atoms with van der Waals surface area (Å²) in [5, 5.41) is 0. The fourth-order valence-corrected chi connectivity index (χ4v) is 3.15. The highest BCUT2D eigenvalue weighted by Crippen LogP contribution is 2.31. The molecule has 0 bridgehead atoms. The number of nitrogens with zero attached hydrogens (tertiary/aromatic N) is 3. The number of benzene rings is 3. The first-order chi connectivity index (χ1) is 14.9. The minimum atomic E-state index is -4.47. The molecule has 0 saturated heterocycles. The van der Waals surface area contributed by atoms with E-state index in [0.717, 1.165) is 23.3 Å². The predicted octanol–water partition coefficient (Wildman–Crippen LogP) is 5.88. The Labute approximate surface area is 176 Å². The highest BCUT2D eigenvalue weighted by atomic mass is 19.4. The van der Waals surface area contributed by atoms with E-state index in [1.54, 1.807) is 18.2 Å². The average molecular weight is 423 g/mol. The third kappa shape index (κ3) is 5.31. The zero-order valence-electron chi connectivity index (χ0n) is 16.3. The third-order valence-corrected chi connectivity index (χ3v) is 4.66. The predicted molar refractivity (Wildman–Crippen MR) is 109 cm³/mol. The van der Waals surface area contributed by atoms with Crippen LogP contribution in [0.2, 0.25) is 0 Å². The van der Waals surface area contributed by atoms with Crippen molar-refractivity contribution in [2.75, 3.05) is 0 Å². The van der Waals surface area contributed by atoms with Gasteiger partial charge in [0.2, 0.25) is 0 Å². The highest BCUT2D eigenvalue weighted by molar-refractivity contribution is 5.56. The van der Waals surface area contributed by atoms with E-state index in [4.69, 9.17) is 0 Å². The molecule has 0 amide bonds. The smallest absolute Gasteiger partial charge is 0.217 e. The van der Waals surface area contributed by atoms with Crippen molar-refractivity contribution in [1.29, 1.82) is 0 Å². The van der Waals surface area contributed by atoms with Crippen LogP contribution in [-0.2, 0) is 19.0 Å². The van der Waals surface area contributed by atoms with Crippen LogP contribution < -0.4 is 0 Å². The molecule has 0 aliphatic heterocycles. The highest BCUT2D eigenvalue weighted by Gasteiger charge is 2.30. The molecular weight excluding hydrogens is 406 g/mol. The molecule has 7 heteroatoms. The lowest BCUT2D eigenvalue weighted by Crippen LogP contribution is -2.08. The van der Waals surface area contributed by atoms with Crippen LogP contribution in [0.25, 0.3) is 11.4 Å². The van der Waals surface area contributed by atoms with Crippen LogP contribution in [0.15, 0.2) is 78.9 Å². The molecule has 156 valence electrons. The van der Waals surface area contributed by atoms with Gasteiger partial charge in [0.25, 0.3) is 0 Å². The molecule has 4 aromatic rings. The van der Waals surface area contributed by atoms with Crippen LogP contribution in [0, 0.1) is 5.82 Å². The fourth-order valence-electron chi connectivity index (χ4n) is 3.15. The second kappa shape index (κ2) is 8.63. The van der Waals surface area contributed by atoms with Gasteiger partial charge in [-0.3, -0.25) is 0 Å². The number of rotatable bonds is 5. The molecule has 1 aromatic heterocycles. The zero-order chi connectivity index (χ0) is 21.8. The quantitative estimate of drug-likeness (QED) is 0.377. The van der Waals surface area contributed by atoms with Gasteiger partial charge in [-0.1, -0.05) is 54.6 Å². The summed E-state index contributed by atoms with van der Waals surface area (Å²) in [6.45, 7) is 0. The second-order valence-electron chi connectivity index (χ2n) is 7.04. The summed E-state index contributed by atoms with van der Waals surface area (Å²) in [6.07, 6.45) is -3.75. The maximum atomic E-state index is 13.2. The average Bonchev–Trinajstić information content (AvgIpc) is 2.75. The van der Waals surface area contributed by atoms with Crippen molar-refractivity contribution in [2.24, 2.45) is 0 Å². The largest absolute Gasteiger partial charge is 0.416 e. The van der Waals surface area contributed by atoms with Crippen LogP contribution in [-0.4, -0.2) is 15.0 Å². The molecule has 0 radical (unpaired) electrons. The van der Waals surface area contributed by atoms with Crippen molar-refractivity contribution in [3.05, 3.63) is 113 Å². The maximum absolute atomic E-state index is 13.2. The second-order valence-corrected chi connectivity index (χ2v) is 7.04. The summed E-state index contributed by atoms with van der Waals surface area (Å²) in [5.74, 6) is 0.670. The van der Waals surface area contributed by atoms with Crippen LogP contribution in [0.1, 0.15) is 28.3 Å². The number of hydrogen-bond donors (Lipinski definition) is 0. The van der Waals surface area contributed by atoms with Gasteiger partial charge >= 0.3 is 6.18 Å². The van der Waals surface area contributed by atoms with E-state index in [0.29, 0.717) is 24.5 Å². The molecule has 0 aliphatic carbocycles. The normalized spacial score (nSPS) is 11.5. The molecule has 0 fully saturated rings. The van der Waals surface area contributed by atoms with Crippen molar-refractivity contribution in [3.63, 3.8) is 0 Å². The molecule has 0 saturated carbocycles. The van der Waals surface area contributed by atoms with Gasteiger partial charge in [0.05, 0.1) is 5.56 Å². The zero-order valence-corrected chi connectivity index (χ0v) is 16.3. The molecule has 3 nitrogen and oxygen atoms in total. The number of halogens is 4. The number of hydrogen-bond acceptors (Lipinski definition) is 3. The Morgan fingerprint density at radius 3 is 1.87 bits per heavy atom. The summed E-state index contributed by atoms with van der Waals surface area (Å²) in [6, 6.07) is 20.4. The summed E-state index contributed by atoms with van der Waals surface area (Å²) < 4.78 is 52.7. The van der Waals surface area contributed by atoms with Gasteiger partial charge in [-0.15, -0.1) is 0 Å². The van der Waals surface area contributed by atoms with Crippen LogP contribution in [0.3, 0.4) is 0 Å². The molecule has 0 aliphatic rings. The molecule has 0 atom stereocenters. The SMILES string of the molecule is Fc1ccc(Cc2nc(Cc3ccccc3)nc(-c3cccc(C(F)(F)F)c3)n2)cc1. The Morgan fingerprint density at radius 1 is 0.645 bits per heavy atom. The standard InChI is InChI=1S/C24H17F4N3/c25-20-11-9-17(10-12-20)14-22-29-21(13-16-5-2-1-3-6-16)30-23(31-22)18-7-4-8-19(15-18)24(26,27)28/h1-12,15H,13-14H2. The van der Waals surface area contributed by atoms with Gasteiger partial charge in [0.15, 0.2) is 5.82 Å². The van der Waals surface area contributed by atoms with Crippen LogP contribution >= 0.6 is 0 Å². The lowest BCUT2D eigenvalue weighted by Gasteiger charge is -2.10. The molecule has 1 heterocycles. The van der Waals surface area contributed by atoms with Gasteiger partial charge < -0.3 is 0 Å². The monoisotopic (exact) mass is 423 g/mol. The minimum absolute atomic E-state index is 0.171. The Hall–Kier alpha value is -3.61. The van der Waals surface area contributed by atoms with Gasteiger partial charge in [0, 0.05) is 18.4 Å². The van der Waals surface area contributed by atoms with Crippen molar-refractivity contribution >= 4 is 0 Å².